The van der Waals surface area contributed by atoms with Gasteiger partial charge in [0.1, 0.15) is 5.60 Å². The van der Waals surface area contributed by atoms with E-state index in [1.54, 1.807) is 0 Å². The SMILES string of the molecule is CC(C)(C)OC(=O)N1C[C@@H]2C[C@H]1CN2c1ccc2c(c1)n(C1CCCC1)c1nc(=O)c3c(Br)cccc3n21. The molecule has 2 saturated heterocycles. The Morgan fingerprint density at radius 3 is 2.50 bits per heavy atom. The van der Waals surface area contributed by atoms with Gasteiger partial charge in [-0.2, -0.15) is 4.98 Å². The monoisotopic (exact) mass is 577 g/mol. The Morgan fingerprint density at radius 2 is 1.79 bits per heavy atom. The van der Waals surface area contributed by atoms with E-state index in [4.69, 9.17) is 4.74 Å². The van der Waals surface area contributed by atoms with E-state index in [1.165, 1.54) is 12.8 Å². The molecule has 2 aromatic carbocycles. The largest absolute Gasteiger partial charge is 0.444 e. The second kappa shape index (κ2) is 8.46. The molecule has 0 unspecified atom stereocenters. The normalized spacial score (nSPS) is 22.0. The zero-order valence-corrected chi connectivity index (χ0v) is 23.6. The molecule has 3 fully saturated rings. The third-order valence-corrected chi connectivity index (χ3v) is 9.07. The van der Waals surface area contributed by atoms with E-state index < -0.39 is 5.60 Å². The van der Waals surface area contributed by atoms with Crippen molar-refractivity contribution in [1.82, 2.24) is 18.9 Å². The topological polar surface area (TPSA) is 72.1 Å². The van der Waals surface area contributed by atoms with Crippen LogP contribution in [0.3, 0.4) is 0 Å². The number of piperazine rings is 1. The molecule has 1 saturated carbocycles. The number of amides is 1. The molecule has 4 heterocycles. The van der Waals surface area contributed by atoms with Crippen LogP contribution >= 0.6 is 15.9 Å². The van der Waals surface area contributed by atoms with Gasteiger partial charge < -0.3 is 19.1 Å². The fourth-order valence-corrected chi connectivity index (χ4v) is 7.37. The van der Waals surface area contributed by atoms with Gasteiger partial charge in [-0.25, -0.2) is 4.79 Å². The van der Waals surface area contributed by atoms with E-state index >= 15 is 0 Å². The molecule has 2 atom stereocenters. The van der Waals surface area contributed by atoms with Gasteiger partial charge >= 0.3 is 6.09 Å². The lowest BCUT2D eigenvalue weighted by Gasteiger charge is -2.36. The van der Waals surface area contributed by atoms with Crippen LogP contribution in [0.2, 0.25) is 0 Å². The standard InChI is InChI=1S/C29H32BrN5O3/c1-29(2,3)38-28(37)33-16-19-13-20(33)15-32(19)18-11-12-22-24(14-18)34(17-7-4-5-8-17)27-31-26(36)25-21(30)9-6-10-23(25)35(22)27/h6,9-12,14,17,19-20H,4-5,7-8,13,15-16H2,1-3H3/t19-,20-/m0/s1. The average molecular weight is 579 g/mol. The summed E-state index contributed by atoms with van der Waals surface area (Å²) in [5, 5.41) is 0.610. The van der Waals surface area contributed by atoms with Gasteiger partial charge in [0, 0.05) is 35.3 Å². The molecule has 2 bridgehead atoms. The van der Waals surface area contributed by atoms with Crippen molar-refractivity contribution in [1.29, 1.82) is 0 Å². The Bertz CT molecular complexity index is 1660. The van der Waals surface area contributed by atoms with Gasteiger partial charge in [-0.1, -0.05) is 18.9 Å². The van der Waals surface area contributed by atoms with Crippen LogP contribution in [-0.2, 0) is 4.74 Å². The van der Waals surface area contributed by atoms with Gasteiger partial charge in [0.2, 0.25) is 5.78 Å². The molecule has 3 aliphatic rings. The number of rotatable bonds is 2. The number of benzene rings is 2. The Hall–Kier alpha value is -3.07. The van der Waals surface area contributed by atoms with Gasteiger partial charge in [-0.05, 0) is 86.3 Å². The van der Waals surface area contributed by atoms with Gasteiger partial charge in [-0.3, -0.25) is 9.20 Å². The second-order valence-electron chi connectivity index (χ2n) is 12.0. The molecule has 7 rings (SSSR count). The quantitative estimate of drug-likeness (QED) is 0.297. The lowest BCUT2D eigenvalue weighted by Crippen LogP contribution is -2.50. The summed E-state index contributed by atoms with van der Waals surface area (Å²) in [6.07, 6.45) is 5.31. The number of anilines is 1. The highest BCUT2D eigenvalue weighted by molar-refractivity contribution is 9.10. The molecular formula is C29H32BrN5O3. The Labute approximate surface area is 229 Å². The highest BCUT2D eigenvalue weighted by Gasteiger charge is 2.46. The van der Waals surface area contributed by atoms with Gasteiger partial charge in [-0.15, -0.1) is 0 Å². The summed E-state index contributed by atoms with van der Waals surface area (Å²) in [6.45, 7) is 7.21. The van der Waals surface area contributed by atoms with E-state index in [-0.39, 0.29) is 23.7 Å². The lowest BCUT2D eigenvalue weighted by atomic mass is 10.2. The van der Waals surface area contributed by atoms with Crippen molar-refractivity contribution in [3.05, 3.63) is 51.2 Å². The van der Waals surface area contributed by atoms with E-state index in [0.717, 1.165) is 58.3 Å². The van der Waals surface area contributed by atoms with Crippen LogP contribution < -0.4 is 10.5 Å². The number of carbonyl (C=O) groups excluding carboxylic acids is 1. The van der Waals surface area contributed by atoms with Crippen LogP contribution in [0.4, 0.5) is 10.5 Å². The molecule has 0 spiro atoms. The summed E-state index contributed by atoms with van der Waals surface area (Å²) >= 11 is 3.57. The van der Waals surface area contributed by atoms with Gasteiger partial charge in [0.15, 0.2) is 0 Å². The molecule has 198 valence electrons. The number of imidazole rings is 1. The van der Waals surface area contributed by atoms with Gasteiger partial charge in [0.25, 0.3) is 5.56 Å². The number of fused-ring (bicyclic) bond motifs is 7. The zero-order chi connectivity index (χ0) is 26.3. The molecule has 2 aliphatic heterocycles. The number of nitrogens with zero attached hydrogens (tertiary/aromatic N) is 5. The van der Waals surface area contributed by atoms with Gasteiger partial charge in [0.05, 0.1) is 28.0 Å². The van der Waals surface area contributed by atoms with E-state index in [1.807, 2.05) is 43.9 Å². The summed E-state index contributed by atoms with van der Waals surface area (Å²) in [5.41, 5.74) is 3.51. The van der Waals surface area contributed by atoms with Crippen molar-refractivity contribution in [3.63, 3.8) is 0 Å². The summed E-state index contributed by atoms with van der Waals surface area (Å²) in [4.78, 5) is 34.9. The van der Waals surface area contributed by atoms with Crippen LogP contribution in [0.1, 0.15) is 58.9 Å². The number of aromatic nitrogens is 3. The van der Waals surface area contributed by atoms with E-state index in [0.29, 0.717) is 18.0 Å². The molecule has 2 aromatic heterocycles. The third kappa shape index (κ3) is 3.65. The highest BCUT2D eigenvalue weighted by Crippen LogP contribution is 2.40. The zero-order valence-electron chi connectivity index (χ0n) is 22.0. The third-order valence-electron chi connectivity index (χ3n) is 8.41. The summed E-state index contributed by atoms with van der Waals surface area (Å²) < 4.78 is 10.9. The molecule has 38 heavy (non-hydrogen) atoms. The summed E-state index contributed by atoms with van der Waals surface area (Å²) in [6, 6.07) is 13.3. The fraction of sp³-hybridized carbons (Fsp3) is 0.483. The summed E-state index contributed by atoms with van der Waals surface area (Å²) in [5.74, 6) is 0.721. The molecule has 1 amide bonds. The minimum atomic E-state index is -0.493. The minimum Gasteiger partial charge on any atom is -0.444 e. The van der Waals surface area contributed by atoms with E-state index in [2.05, 4.69) is 53.0 Å². The molecule has 8 nitrogen and oxygen atoms in total. The van der Waals surface area contributed by atoms with Crippen molar-refractivity contribution in [3.8, 4) is 0 Å². The summed E-state index contributed by atoms with van der Waals surface area (Å²) in [7, 11) is 0. The number of ether oxygens (including phenoxy) is 1. The van der Waals surface area contributed by atoms with Crippen LogP contribution in [-0.4, -0.2) is 55.7 Å². The number of likely N-dealkylation sites (tertiary alicyclic amines) is 1. The maximum absolute atomic E-state index is 13.2. The minimum absolute atomic E-state index is 0.159. The molecular weight excluding hydrogens is 546 g/mol. The molecule has 0 N–H and O–H groups in total. The first-order valence-electron chi connectivity index (χ1n) is 13.6. The first-order valence-corrected chi connectivity index (χ1v) is 14.4. The predicted molar refractivity (Wildman–Crippen MR) is 152 cm³/mol. The Morgan fingerprint density at radius 1 is 1.00 bits per heavy atom. The first kappa shape index (κ1) is 24.0. The number of hydrogen-bond donors (Lipinski definition) is 0. The molecule has 0 radical (unpaired) electrons. The average Bonchev–Trinajstić information content (AvgIpc) is 3.64. The van der Waals surface area contributed by atoms with Crippen LogP contribution in [0.15, 0.2) is 45.7 Å². The first-order chi connectivity index (χ1) is 18.2. The number of carbonyl (C=O) groups is 1. The fourth-order valence-electron chi connectivity index (χ4n) is 6.84. The molecule has 1 aliphatic carbocycles. The van der Waals surface area contributed by atoms with Crippen molar-refractivity contribution in [2.75, 3.05) is 18.0 Å². The highest BCUT2D eigenvalue weighted by atomic mass is 79.9. The predicted octanol–water partition coefficient (Wildman–Crippen LogP) is 5.88. The molecule has 9 heteroatoms. The van der Waals surface area contributed by atoms with Crippen LogP contribution in [0.25, 0.3) is 27.7 Å². The van der Waals surface area contributed by atoms with Crippen molar-refractivity contribution >= 4 is 55.4 Å². The van der Waals surface area contributed by atoms with Crippen LogP contribution in [0, 0.1) is 0 Å². The Balaban J connectivity index is 1.33. The number of hydrogen-bond acceptors (Lipinski definition) is 5. The van der Waals surface area contributed by atoms with E-state index in [9.17, 15) is 9.59 Å². The lowest BCUT2D eigenvalue weighted by molar-refractivity contribution is 0.0214. The van der Waals surface area contributed by atoms with Crippen molar-refractivity contribution in [2.24, 2.45) is 0 Å². The van der Waals surface area contributed by atoms with Crippen molar-refractivity contribution < 1.29 is 9.53 Å². The Kier molecular flexibility index (Phi) is 5.35. The number of halogens is 1. The smallest absolute Gasteiger partial charge is 0.410 e. The maximum atomic E-state index is 13.2. The van der Waals surface area contributed by atoms with Crippen LogP contribution in [0.5, 0.6) is 0 Å². The maximum Gasteiger partial charge on any atom is 0.410 e. The second-order valence-corrected chi connectivity index (χ2v) is 12.9. The molecule has 4 aromatic rings. The van der Waals surface area contributed by atoms with Crippen molar-refractivity contribution in [2.45, 2.75) is 76.6 Å².